The quantitative estimate of drug-likeness (QED) is 0.378. The summed E-state index contributed by atoms with van der Waals surface area (Å²) < 4.78 is 5.40. The van der Waals surface area contributed by atoms with Crippen LogP contribution < -0.4 is 10.5 Å². The molecule has 3 N–H and O–H groups in total. The molecule has 0 unspecified atom stereocenters. The molecule has 1 aromatic heterocycles. The predicted octanol–water partition coefficient (Wildman–Crippen LogP) is 4.58. The van der Waals surface area contributed by atoms with E-state index in [2.05, 4.69) is 39.2 Å². The first-order valence-electron chi connectivity index (χ1n) is 15.1. The van der Waals surface area contributed by atoms with E-state index in [0.717, 1.165) is 68.4 Å². The number of ether oxygens (including phenoxy) is 1. The Labute approximate surface area is 244 Å². The molecule has 8 nitrogen and oxygen atoms in total. The highest BCUT2D eigenvalue weighted by Gasteiger charge is 2.25. The van der Waals surface area contributed by atoms with Crippen molar-refractivity contribution in [1.82, 2.24) is 19.7 Å². The molecule has 2 amide bonds. The zero-order valence-corrected chi connectivity index (χ0v) is 24.8. The third-order valence-electron chi connectivity index (χ3n) is 8.43. The summed E-state index contributed by atoms with van der Waals surface area (Å²) >= 11 is 0. The number of rotatable bonds is 10. The Balaban J connectivity index is 0.000000208. The lowest BCUT2D eigenvalue weighted by Gasteiger charge is -2.40. The molecule has 0 radical (unpaired) electrons. The second-order valence-corrected chi connectivity index (χ2v) is 11.3. The van der Waals surface area contributed by atoms with Gasteiger partial charge in [0.05, 0.1) is 13.7 Å². The monoisotopic (exact) mass is 561 g/mol. The summed E-state index contributed by atoms with van der Waals surface area (Å²) in [6, 6.07) is 17.0. The number of hydrogen-bond donors (Lipinski definition) is 2. The Bertz CT molecular complexity index is 1240. The fraction of sp³-hybridized carbons (Fsp3) is 0.515. The lowest BCUT2D eigenvalue weighted by molar-refractivity contribution is -0.129. The number of aromatic amines is 1. The number of methoxy groups -OCH3 is 1. The molecular formula is C33H47N5O3. The molecule has 8 heteroatoms. The van der Waals surface area contributed by atoms with E-state index in [0.29, 0.717) is 13.1 Å². The number of para-hydroxylation sites is 2. The van der Waals surface area contributed by atoms with E-state index in [1.807, 2.05) is 35.2 Å². The van der Waals surface area contributed by atoms with Gasteiger partial charge in [0.1, 0.15) is 5.75 Å². The number of benzene rings is 2. The molecule has 1 aliphatic heterocycles. The van der Waals surface area contributed by atoms with Gasteiger partial charge in [-0.15, -0.1) is 0 Å². The zero-order chi connectivity index (χ0) is 29.0. The first kappa shape index (κ1) is 30.6. The Hall–Kier alpha value is -3.36. The van der Waals surface area contributed by atoms with Gasteiger partial charge in [0, 0.05) is 74.9 Å². The summed E-state index contributed by atoms with van der Waals surface area (Å²) in [6.07, 6.45) is 10.9. The minimum atomic E-state index is -0.203. The van der Waals surface area contributed by atoms with E-state index in [9.17, 15) is 9.59 Å². The molecule has 1 saturated heterocycles. The number of amides is 2. The normalized spacial score (nSPS) is 16.6. The molecule has 1 aliphatic carbocycles. The number of H-pyrrole nitrogens is 1. The molecular weight excluding hydrogens is 514 g/mol. The van der Waals surface area contributed by atoms with Gasteiger partial charge in [-0.1, -0.05) is 55.7 Å². The molecule has 222 valence electrons. The van der Waals surface area contributed by atoms with Gasteiger partial charge in [-0.3, -0.25) is 19.4 Å². The smallest absolute Gasteiger partial charge is 0.231 e. The highest BCUT2D eigenvalue weighted by molar-refractivity contribution is 5.83. The van der Waals surface area contributed by atoms with Gasteiger partial charge < -0.3 is 20.4 Å². The van der Waals surface area contributed by atoms with Gasteiger partial charge in [0.2, 0.25) is 11.8 Å². The van der Waals surface area contributed by atoms with Crippen molar-refractivity contribution in [3.8, 4) is 5.75 Å². The Morgan fingerprint density at radius 3 is 2.39 bits per heavy atom. The number of fused-ring (bicyclic) bond motifs is 1. The average Bonchev–Trinajstić information content (AvgIpc) is 3.41. The second kappa shape index (κ2) is 15.6. The fourth-order valence-corrected chi connectivity index (χ4v) is 6.14. The number of nitrogens with one attached hydrogen (secondary N) is 1. The minimum absolute atomic E-state index is 0.0878. The van der Waals surface area contributed by atoms with Gasteiger partial charge in [-0.05, 0) is 43.4 Å². The number of aryl methyl sites for hydroxylation is 1. The van der Waals surface area contributed by atoms with Crippen molar-refractivity contribution in [2.75, 3.05) is 46.4 Å². The van der Waals surface area contributed by atoms with Gasteiger partial charge in [0.25, 0.3) is 0 Å². The zero-order valence-electron chi connectivity index (χ0n) is 24.8. The number of carbonyl (C=O) groups is 2. The van der Waals surface area contributed by atoms with Crippen molar-refractivity contribution in [1.29, 1.82) is 0 Å². The molecule has 5 rings (SSSR count). The maximum absolute atomic E-state index is 12.0. The van der Waals surface area contributed by atoms with Gasteiger partial charge in [-0.25, -0.2) is 0 Å². The molecule has 1 saturated carbocycles. The van der Waals surface area contributed by atoms with E-state index in [1.165, 1.54) is 43.1 Å². The van der Waals surface area contributed by atoms with E-state index < -0.39 is 0 Å². The molecule has 2 heterocycles. The lowest BCUT2D eigenvalue weighted by atomic mass is 9.94. The molecule has 0 spiro atoms. The average molecular weight is 562 g/mol. The number of piperazine rings is 1. The van der Waals surface area contributed by atoms with Gasteiger partial charge in [0.15, 0.2) is 0 Å². The SMILES string of the molecule is COc1ccccc1CN(CCCc1c[nH]c2ccccc12)C(C)=O.NC(=O)CN1CCN(C2CCCCC2)CC1. The summed E-state index contributed by atoms with van der Waals surface area (Å²) in [6.45, 7) is 7.58. The summed E-state index contributed by atoms with van der Waals surface area (Å²) in [5, 5.41) is 1.27. The van der Waals surface area contributed by atoms with Crippen LogP contribution in [0, 0.1) is 0 Å². The van der Waals surface area contributed by atoms with Crippen molar-refractivity contribution in [3.63, 3.8) is 0 Å². The number of nitrogens with two attached hydrogens (primary N) is 1. The molecule has 2 aromatic carbocycles. The molecule has 3 aromatic rings. The number of hydrogen-bond acceptors (Lipinski definition) is 5. The van der Waals surface area contributed by atoms with Crippen LogP contribution in [0.5, 0.6) is 5.75 Å². The molecule has 0 bridgehead atoms. The first-order chi connectivity index (χ1) is 19.9. The highest BCUT2D eigenvalue weighted by atomic mass is 16.5. The Morgan fingerprint density at radius 2 is 1.68 bits per heavy atom. The van der Waals surface area contributed by atoms with Crippen LogP contribution in [0.25, 0.3) is 10.9 Å². The van der Waals surface area contributed by atoms with Crippen LogP contribution in [-0.4, -0.2) is 83.9 Å². The van der Waals surface area contributed by atoms with Gasteiger partial charge >= 0.3 is 0 Å². The van der Waals surface area contributed by atoms with E-state index in [1.54, 1.807) is 14.0 Å². The Morgan fingerprint density at radius 1 is 0.976 bits per heavy atom. The van der Waals surface area contributed by atoms with Crippen molar-refractivity contribution in [3.05, 3.63) is 65.9 Å². The molecule has 41 heavy (non-hydrogen) atoms. The number of aromatic nitrogens is 1. The topological polar surface area (TPSA) is 94.9 Å². The van der Waals surface area contributed by atoms with Crippen LogP contribution in [0.2, 0.25) is 0 Å². The fourth-order valence-electron chi connectivity index (χ4n) is 6.14. The minimum Gasteiger partial charge on any atom is -0.496 e. The number of primary amides is 1. The molecule has 0 atom stereocenters. The second-order valence-electron chi connectivity index (χ2n) is 11.3. The summed E-state index contributed by atoms with van der Waals surface area (Å²) in [5.41, 5.74) is 8.71. The van der Waals surface area contributed by atoms with Crippen molar-refractivity contribution >= 4 is 22.7 Å². The third kappa shape index (κ3) is 9.07. The van der Waals surface area contributed by atoms with Crippen LogP contribution in [0.3, 0.4) is 0 Å². The van der Waals surface area contributed by atoms with Crippen molar-refractivity contribution in [2.24, 2.45) is 5.73 Å². The van der Waals surface area contributed by atoms with Crippen LogP contribution in [-0.2, 0) is 22.6 Å². The summed E-state index contributed by atoms with van der Waals surface area (Å²) in [7, 11) is 1.66. The maximum atomic E-state index is 12.0. The first-order valence-corrected chi connectivity index (χ1v) is 15.1. The third-order valence-corrected chi connectivity index (χ3v) is 8.43. The largest absolute Gasteiger partial charge is 0.496 e. The lowest BCUT2D eigenvalue weighted by Crippen LogP contribution is -2.52. The van der Waals surface area contributed by atoms with Crippen LogP contribution in [0.15, 0.2) is 54.7 Å². The van der Waals surface area contributed by atoms with Crippen molar-refractivity contribution < 1.29 is 14.3 Å². The van der Waals surface area contributed by atoms with Gasteiger partial charge in [-0.2, -0.15) is 0 Å². The standard InChI is InChI=1S/C21H24N2O2.C12H23N3O/c1-16(24)23(15-18-8-3-6-12-21(18)25-2)13-7-9-17-14-22-20-11-5-4-10-19(17)20;13-12(16)10-14-6-8-15(9-7-14)11-4-2-1-3-5-11/h3-6,8,10-12,14,22H,7,9,13,15H2,1-2H3;11H,1-10H2,(H2,13,16). The summed E-state index contributed by atoms with van der Waals surface area (Å²) in [4.78, 5) is 32.8. The molecule has 2 aliphatic rings. The maximum Gasteiger partial charge on any atom is 0.231 e. The van der Waals surface area contributed by atoms with Crippen LogP contribution >= 0.6 is 0 Å². The number of nitrogens with zero attached hydrogens (tertiary/aromatic N) is 3. The molecule has 2 fully saturated rings. The predicted molar refractivity (Wildman–Crippen MR) is 165 cm³/mol. The van der Waals surface area contributed by atoms with Crippen LogP contribution in [0.1, 0.15) is 56.6 Å². The van der Waals surface area contributed by atoms with E-state index in [4.69, 9.17) is 10.5 Å². The van der Waals surface area contributed by atoms with Crippen LogP contribution in [0.4, 0.5) is 0 Å². The highest BCUT2D eigenvalue weighted by Crippen LogP contribution is 2.24. The Kier molecular flexibility index (Phi) is 11.6. The van der Waals surface area contributed by atoms with E-state index >= 15 is 0 Å². The van der Waals surface area contributed by atoms with Crippen molar-refractivity contribution in [2.45, 2.75) is 64.5 Å². The van der Waals surface area contributed by atoms with E-state index in [-0.39, 0.29) is 11.8 Å². The summed E-state index contributed by atoms with van der Waals surface area (Å²) in [5.74, 6) is 0.710. The number of carbonyl (C=O) groups excluding carboxylic acids is 2.